The van der Waals surface area contributed by atoms with Crippen LogP contribution in [0.25, 0.3) is 0 Å². The molecule has 0 atom stereocenters. The molecule has 1 aliphatic rings. The van der Waals surface area contributed by atoms with Gasteiger partial charge in [-0.15, -0.1) is 0 Å². The van der Waals surface area contributed by atoms with Crippen LogP contribution in [0.5, 0.6) is 0 Å². The molecule has 1 rings (SSSR count). The van der Waals surface area contributed by atoms with E-state index in [0.717, 1.165) is 0 Å². The highest BCUT2D eigenvalue weighted by Gasteiger charge is 2.24. The van der Waals surface area contributed by atoms with Crippen molar-refractivity contribution >= 4 is 11.5 Å². The average Bonchev–Trinajstić information content (AvgIpc) is 2.83. The molecule has 0 bridgehead atoms. The largest absolute Gasteiger partial charge is 0.384 e. The summed E-state index contributed by atoms with van der Waals surface area (Å²) in [5, 5.41) is 7.44. The van der Waals surface area contributed by atoms with E-state index < -0.39 is 0 Å². The van der Waals surface area contributed by atoms with Crippen molar-refractivity contribution in [1.29, 1.82) is 5.41 Å². The Morgan fingerprint density at radius 2 is 2.25 bits per heavy atom. The molecule has 0 spiro atoms. The van der Waals surface area contributed by atoms with Crippen LogP contribution in [0.15, 0.2) is 0 Å². The highest BCUT2D eigenvalue weighted by Crippen LogP contribution is 2.32. The Bertz CT molecular complexity index is 185. The fourth-order valence-electron chi connectivity index (χ4n) is 1.07. The summed E-state index contributed by atoms with van der Waals surface area (Å²) in [5.41, 5.74) is 0.287. The molecule has 3 nitrogen and oxygen atoms in total. The lowest BCUT2D eigenvalue weighted by atomic mass is 10.1. The summed E-state index contributed by atoms with van der Waals surface area (Å²) in [6.45, 7) is 0.436. The maximum atomic E-state index is 11.2. The maximum Gasteiger partial charge on any atom is 0.178 e. The third-order valence-electron chi connectivity index (χ3n) is 2.06. The van der Waals surface area contributed by atoms with Gasteiger partial charge in [0.15, 0.2) is 5.78 Å². The Kier molecular flexibility index (Phi) is 3.41. The standard InChI is InChI=1S/C9H15NO2/c1-12-5-4-9(11)8(10)6-7-2-3-7/h7,10H,2-6H2,1H3. The molecule has 1 N–H and O–H groups in total. The highest BCUT2D eigenvalue weighted by molar-refractivity contribution is 6.38. The Morgan fingerprint density at radius 1 is 1.58 bits per heavy atom. The molecule has 0 radical (unpaired) electrons. The molecule has 1 saturated carbocycles. The predicted octanol–water partition coefficient (Wildman–Crippen LogP) is 1.41. The van der Waals surface area contributed by atoms with Crippen LogP contribution in [0.4, 0.5) is 0 Å². The van der Waals surface area contributed by atoms with Crippen LogP contribution in [-0.2, 0) is 9.53 Å². The number of carbonyl (C=O) groups is 1. The van der Waals surface area contributed by atoms with Gasteiger partial charge in [-0.25, -0.2) is 0 Å². The second-order valence-corrected chi connectivity index (χ2v) is 3.29. The first-order valence-corrected chi connectivity index (χ1v) is 4.33. The third-order valence-corrected chi connectivity index (χ3v) is 2.06. The zero-order chi connectivity index (χ0) is 8.97. The number of methoxy groups -OCH3 is 1. The summed E-state index contributed by atoms with van der Waals surface area (Å²) in [7, 11) is 1.57. The molecule has 0 unspecified atom stereocenters. The van der Waals surface area contributed by atoms with Crippen LogP contribution in [0.3, 0.4) is 0 Å². The zero-order valence-electron chi connectivity index (χ0n) is 7.43. The first-order valence-electron chi connectivity index (χ1n) is 4.33. The quantitative estimate of drug-likeness (QED) is 0.611. The predicted molar refractivity (Wildman–Crippen MR) is 46.6 cm³/mol. The molecule has 0 aromatic heterocycles. The normalized spacial score (nSPS) is 16.1. The molecule has 12 heavy (non-hydrogen) atoms. The summed E-state index contributed by atoms with van der Waals surface area (Å²) < 4.78 is 4.77. The van der Waals surface area contributed by atoms with Crippen LogP contribution in [0, 0.1) is 11.3 Å². The van der Waals surface area contributed by atoms with Gasteiger partial charge in [-0.3, -0.25) is 4.79 Å². The van der Waals surface area contributed by atoms with Crippen LogP contribution in [-0.4, -0.2) is 25.2 Å². The Balaban J connectivity index is 2.15. The molecule has 1 fully saturated rings. The molecule has 1 aliphatic carbocycles. The van der Waals surface area contributed by atoms with Crippen LogP contribution in [0.2, 0.25) is 0 Å². The lowest BCUT2D eigenvalue weighted by Gasteiger charge is -2.00. The number of hydrogen-bond acceptors (Lipinski definition) is 3. The minimum absolute atomic E-state index is 0.0521. The first-order chi connectivity index (χ1) is 5.74. The van der Waals surface area contributed by atoms with Gasteiger partial charge < -0.3 is 10.1 Å². The van der Waals surface area contributed by atoms with E-state index in [4.69, 9.17) is 10.1 Å². The van der Waals surface area contributed by atoms with Gasteiger partial charge in [-0.1, -0.05) is 0 Å². The molecule has 0 aliphatic heterocycles. The summed E-state index contributed by atoms with van der Waals surface area (Å²) in [4.78, 5) is 11.2. The van der Waals surface area contributed by atoms with Gasteiger partial charge >= 0.3 is 0 Å². The van der Waals surface area contributed by atoms with Crippen molar-refractivity contribution in [2.75, 3.05) is 13.7 Å². The molecule has 68 valence electrons. The second-order valence-electron chi connectivity index (χ2n) is 3.29. The van der Waals surface area contributed by atoms with Crippen molar-refractivity contribution in [3.8, 4) is 0 Å². The van der Waals surface area contributed by atoms with Gasteiger partial charge in [0.1, 0.15) is 0 Å². The lowest BCUT2D eigenvalue weighted by molar-refractivity contribution is -0.114. The second kappa shape index (κ2) is 4.36. The molecule has 0 saturated heterocycles. The Hall–Kier alpha value is -0.700. The summed E-state index contributed by atoms with van der Waals surface area (Å²) >= 11 is 0. The SMILES string of the molecule is COCCC(=O)C(=N)CC1CC1. The van der Waals surface area contributed by atoms with E-state index in [-0.39, 0.29) is 11.5 Å². The monoisotopic (exact) mass is 169 g/mol. The van der Waals surface area contributed by atoms with E-state index in [0.29, 0.717) is 25.4 Å². The lowest BCUT2D eigenvalue weighted by Crippen LogP contribution is -2.15. The van der Waals surface area contributed by atoms with E-state index in [1.165, 1.54) is 12.8 Å². The van der Waals surface area contributed by atoms with E-state index in [1.54, 1.807) is 7.11 Å². The van der Waals surface area contributed by atoms with E-state index in [1.807, 2.05) is 0 Å². The van der Waals surface area contributed by atoms with Crippen molar-refractivity contribution in [2.45, 2.75) is 25.7 Å². The first kappa shape index (κ1) is 9.39. The Labute approximate surface area is 72.6 Å². The molecule has 0 amide bonds. The number of carbonyl (C=O) groups excluding carboxylic acids is 1. The molecule has 0 aromatic carbocycles. The van der Waals surface area contributed by atoms with Gasteiger partial charge in [-0.05, 0) is 25.2 Å². The van der Waals surface area contributed by atoms with Gasteiger partial charge in [0.2, 0.25) is 0 Å². The maximum absolute atomic E-state index is 11.2. The van der Waals surface area contributed by atoms with Crippen molar-refractivity contribution in [3.05, 3.63) is 0 Å². The fourth-order valence-corrected chi connectivity index (χ4v) is 1.07. The number of ketones is 1. The molecule has 0 aromatic rings. The summed E-state index contributed by atoms with van der Waals surface area (Å²) in [6.07, 6.45) is 3.43. The molecule has 0 heterocycles. The van der Waals surface area contributed by atoms with Crippen molar-refractivity contribution in [1.82, 2.24) is 0 Å². The molecular formula is C9H15NO2. The van der Waals surface area contributed by atoms with Gasteiger partial charge in [0.25, 0.3) is 0 Å². The van der Waals surface area contributed by atoms with Crippen molar-refractivity contribution in [3.63, 3.8) is 0 Å². The van der Waals surface area contributed by atoms with E-state index in [2.05, 4.69) is 0 Å². The average molecular weight is 169 g/mol. The number of rotatable bonds is 6. The van der Waals surface area contributed by atoms with Gasteiger partial charge in [-0.2, -0.15) is 0 Å². The van der Waals surface area contributed by atoms with Crippen LogP contribution >= 0.6 is 0 Å². The van der Waals surface area contributed by atoms with Crippen LogP contribution < -0.4 is 0 Å². The fraction of sp³-hybridized carbons (Fsp3) is 0.778. The number of hydrogen-bond donors (Lipinski definition) is 1. The number of nitrogens with one attached hydrogen (secondary N) is 1. The van der Waals surface area contributed by atoms with Gasteiger partial charge in [0.05, 0.1) is 12.3 Å². The summed E-state index contributed by atoms with van der Waals surface area (Å²) in [5.74, 6) is 0.577. The Morgan fingerprint density at radius 3 is 2.75 bits per heavy atom. The molecular weight excluding hydrogens is 154 g/mol. The topological polar surface area (TPSA) is 50.2 Å². The van der Waals surface area contributed by atoms with E-state index >= 15 is 0 Å². The van der Waals surface area contributed by atoms with E-state index in [9.17, 15) is 4.79 Å². The minimum Gasteiger partial charge on any atom is -0.384 e. The minimum atomic E-state index is -0.0521. The highest BCUT2D eigenvalue weighted by atomic mass is 16.5. The molecule has 3 heteroatoms. The van der Waals surface area contributed by atoms with Crippen LogP contribution in [0.1, 0.15) is 25.7 Å². The third kappa shape index (κ3) is 3.13. The number of ether oxygens (including phenoxy) is 1. The van der Waals surface area contributed by atoms with Crippen molar-refractivity contribution in [2.24, 2.45) is 5.92 Å². The number of Topliss-reactive ketones (excluding diaryl/α,β-unsaturated/α-hetero) is 1. The smallest absolute Gasteiger partial charge is 0.178 e. The van der Waals surface area contributed by atoms with Crippen molar-refractivity contribution < 1.29 is 9.53 Å². The summed E-state index contributed by atoms with van der Waals surface area (Å²) in [6, 6.07) is 0. The zero-order valence-corrected chi connectivity index (χ0v) is 7.43. The van der Waals surface area contributed by atoms with Gasteiger partial charge in [0, 0.05) is 13.5 Å².